The topological polar surface area (TPSA) is 68.9 Å². The van der Waals surface area contributed by atoms with Crippen LogP contribution in [0.15, 0.2) is 47.5 Å². The molecular formula is C15H14N4O2. The summed E-state index contributed by atoms with van der Waals surface area (Å²) in [6.07, 6.45) is 3.20. The number of aromatic nitrogens is 3. The van der Waals surface area contributed by atoms with Crippen molar-refractivity contribution in [1.29, 1.82) is 0 Å². The summed E-state index contributed by atoms with van der Waals surface area (Å²) in [5, 5.41) is 7.49. The van der Waals surface area contributed by atoms with Crippen LogP contribution in [0.2, 0.25) is 0 Å². The van der Waals surface area contributed by atoms with Gasteiger partial charge in [-0.2, -0.15) is 5.10 Å². The Bertz CT molecular complexity index is 892. The second-order valence-corrected chi connectivity index (χ2v) is 4.84. The number of carbonyl (C=O) groups is 1. The average molecular weight is 282 g/mol. The molecule has 3 aromatic rings. The molecule has 0 radical (unpaired) electrons. The number of hydrogen-bond acceptors (Lipinski definition) is 3. The van der Waals surface area contributed by atoms with Crippen LogP contribution in [0.3, 0.4) is 0 Å². The van der Waals surface area contributed by atoms with Crippen LogP contribution in [-0.2, 0) is 14.1 Å². The first-order valence-electron chi connectivity index (χ1n) is 6.45. The zero-order valence-corrected chi connectivity index (χ0v) is 11.7. The van der Waals surface area contributed by atoms with E-state index in [-0.39, 0.29) is 11.1 Å². The molecule has 0 bridgehead atoms. The number of hydrogen-bond donors (Lipinski definition) is 1. The normalized spacial score (nSPS) is 10.8. The van der Waals surface area contributed by atoms with Gasteiger partial charge in [-0.1, -0.05) is 18.2 Å². The van der Waals surface area contributed by atoms with E-state index in [1.807, 2.05) is 24.3 Å². The van der Waals surface area contributed by atoms with Gasteiger partial charge in [0.2, 0.25) is 0 Å². The highest BCUT2D eigenvalue weighted by Gasteiger charge is 2.14. The molecule has 0 saturated heterocycles. The first-order chi connectivity index (χ1) is 10.1. The van der Waals surface area contributed by atoms with E-state index in [1.165, 1.54) is 10.8 Å². The van der Waals surface area contributed by atoms with E-state index in [0.29, 0.717) is 5.69 Å². The van der Waals surface area contributed by atoms with E-state index in [2.05, 4.69) is 10.4 Å². The predicted octanol–water partition coefficient (Wildman–Crippen LogP) is 1.52. The van der Waals surface area contributed by atoms with Crippen molar-refractivity contribution in [2.75, 3.05) is 5.32 Å². The summed E-state index contributed by atoms with van der Waals surface area (Å²) in [5.41, 5.74) is 1.13. The van der Waals surface area contributed by atoms with Crippen LogP contribution in [0.5, 0.6) is 0 Å². The van der Waals surface area contributed by atoms with Gasteiger partial charge in [0.15, 0.2) is 0 Å². The Balaban J connectivity index is 2.05. The second-order valence-electron chi connectivity index (χ2n) is 4.84. The highest BCUT2D eigenvalue weighted by atomic mass is 16.2. The van der Waals surface area contributed by atoms with Crippen molar-refractivity contribution in [3.8, 4) is 0 Å². The maximum atomic E-state index is 12.3. The van der Waals surface area contributed by atoms with Crippen molar-refractivity contribution in [1.82, 2.24) is 14.3 Å². The summed E-state index contributed by atoms with van der Waals surface area (Å²) < 4.78 is 3.06. The smallest absolute Gasteiger partial charge is 0.263 e. The fourth-order valence-corrected chi connectivity index (χ4v) is 2.27. The Morgan fingerprint density at radius 2 is 2.00 bits per heavy atom. The molecule has 1 N–H and O–H groups in total. The van der Waals surface area contributed by atoms with Crippen LogP contribution in [-0.4, -0.2) is 20.3 Å². The van der Waals surface area contributed by atoms with Crippen molar-refractivity contribution in [3.05, 3.63) is 58.6 Å². The molecule has 6 nitrogen and oxygen atoms in total. The molecule has 0 aliphatic heterocycles. The predicted molar refractivity (Wildman–Crippen MR) is 80.4 cm³/mol. The molecule has 0 unspecified atom stereocenters. The quantitative estimate of drug-likeness (QED) is 0.775. The van der Waals surface area contributed by atoms with E-state index in [1.54, 1.807) is 31.0 Å². The minimum atomic E-state index is -0.436. The third-order valence-electron chi connectivity index (χ3n) is 3.34. The van der Waals surface area contributed by atoms with Gasteiger partial charge in [0.1, 0.15) is 5.56 Å². The number of nitrogens with zero attached hydrogens (tertiary/aromatic N) is 3. The van der Waals surface area contributed by atoms with Gasteiger partial charge in [0, 0.05) is 20.3 Å². The van der Waals surface area contributed by atoms with Gasteiger partial charge in [-0.15, -0.1) is 0 Å². The van der Waals surface area contributed by atoms with Gasteiger partial charge >= 0.3 is 0 Å². The Hall–Kier alpha value is -2.89. The van der Waals surface area contributed by atoms with E-state index >= 15 is 0 Å². The first-order valence-corrected chi connectivity index (χ1v) is 6.45. The van der Waals surface area contributed by atoms with Gasteiger partial charge in [-0.05, 0) is 17.5 Å². The summed E-state index contributed by atoms with van der Waals surface area (Å²) in [7, 11) is 3.41. The zero-order chi connectivity index (χ0) is 15.0. The van der Waals surface area contributed by atoms with E-state index < -0.39 is 5.91 Å². The van der Waals surface area contributed by atoms with Gasteiger partial charge in [0.25, 0.3) is 11.5 Å². The fourth-order valence-electron chi connectivity index (χ4n) is 2.27. The molecule has 0 atom stereocenters. The molecule has 3 rings (SSSR count). The Morgan fingerprint density at radius 3 is 2.71 bits per heavy atom. The highest BCUT2D eigenvalue weighted by Crippen LogP contribution is 2.13. The number of benzene rings is 1. The van der Waals surface area contributed by atoms with E-state index in [0.717, 1.165) is 10.9 Å². The molecule has 0 aliphatic carbocycles. The van der Waals surface area contributed by atoms with Crippen LogP contribution >= 0.6 is 0 Å². The molecule has 2 heterocycles. The summed E-state index contributed by atoms with van der Waals surface area (Å²) in [6.45, 7) is 0. The van der Waals surface area contributed by atoms with Crippen molar-refractivity contribution in [2.45, 2.75) is 0 Å². The van der Waals surface area contributed by atoms with Gasteiger partial charge in [-0.3, -0.25) is 14.3 Å². The first kappa shape index (κ1) is 13.1. The molecule has 0 aliphatic rings. The van der Waals surface area contributed by atoms with Crippen LogP contribution in [0.25, 0.3) is 10.9 Å². The molecule has 0 spiro atoms. The Kier molecular flexibility index (Phi) is 3.06. The third-order valence-corrected chi connectivity index (χ3v) is 3.34. The number of amides is 1. The number of anilines is 1. The van der Waals surface area contributed by atoms with Crippen molar-refractivity contribution >= 4 is 22.5 Å². The molecule has 6 heteroatoms. The van der Waals surface area contributed by atoms with Crippen molar-refractivity contribution in [2.24, 2.45) is 14.1 Å². The van der Waals surface area contributed by atoms with Gasteiger partial charge in [0.05, 0.1) is 17.4 Å². The average Bonchev–Trinajstić information content (AvgIpc) is 2.88. The van der Waals surface area contributed by atoms with E-state index in [4.69, 9.17) is 0 Å². The minimum Gasteiger partial charge on any atom is -0.319 e. The van der Waals surface area contributed by atoms with Crippen LogP contribution in [0.1, 0.15) is 10.4 Å². The third kappa shape index (κ3) is 2.31. The van der Waals surface area contributed by atoms with Gasteiger partial charge < -0.3 is 9.88 Å². The van der Waals surface area contributed by atoms with E-state index in [9.17, 15) is 9.59 Å². The SMILES string of the molecule is Cn1cc(NC(=O)c2cc3ccccc3n(C)c2=O)cn1. The lowest BCUT2D eigenvalue weighted by atomic mass is 10.1. The van der Waals surface area contributed by atoms with Crippen molar-refractivity contribution < 1.29 is 4.79 Å². The molecule has 2 aromatic heterocycles. The number of para-hydroxylation sites is 1. The van der Waals surface area contributed by atoms with Crippen LogP contribution < -0.4 is 10.9 Å². The molecule has 0 saturated carbocycles. The minimum absolute atomic E-state index is 0.111. The number of aryl methyl sites for hydroxylation is 2. The number of nitrogens with one attached hydrogen (secondary N) is 1. The largest absolute Gasteiger partial charge is 0.319 e. The highest BCUT2D eigenvalue weighted by molar-refractivity contribution is 6.05. The molecular weight excluding hydrogens is 268 g/mol. The second kappa shape index (κ2) is 4.90. The van der Waals surface area contributed by atoms with Crippen LogP contribution in [0, 0.1) is 0 Å². The fraction of sp³-hybridized carbons (Fsp3) is 0.133. The molecule has 0 fully saturated rings. The lowest BCUT2D eigenvalue weighted by Crippen LogP contribution is -2.27. The monoisotopic (exact) mass is 282 g/mol. The number of rotatable bonds is 2. The maximum absolute atomic E-state index is 12.3. The summed E-state index contributed by atoms with van der Waals surface area (Å²) in [6, 6.07) is 9.06. The van der Waals surface area contributed by atoms with Crippen molar-refractivity contribution in [3.63, 3.8) is 0 Å². The number of carbonyl (C=O) groups excluding carboxylic acids is 1. The molecule has 21 heavy (non-hydrogen) atoms. The lowest BCUT2D eigenvalue weighted by molar-refractivity contribution is 0.102. The maximum Gasteiger partial charge on any atom is 0.263 e. The number of pyridine rings is 1. The summed E-state index contributed by atoms with van der Waals surface area (Å²) in [4.78, 5) is 24.6. The molecule has 1 amide bonds. The zero-order valence-electron chi connectivity index (χ0n) is 11.7. The van der Waals surface area contributed by atoms with Gasteiger partial charge in [-0.25, -0.2) is 0 Å². The number of fused-ring (bicyclic) bond motifs is 1. The Labute approximate surface area is 120 Å². The standard InChI is InChI=1S/C15H14N4O2/c1-18-9-11(8-16-18)17-14(20)12-7-10-5-3-4-6-13(10)19(2)15(12)21/h3-9H,1-2H3,(H,17,20). The molecule has 106 valence electrons. The summed E-state index contributed by atoms with van der Waals surface area (Å²) >= 11 is 0. The Morgan fingerprint density at radius 1 is 1.24 bits per heavy atom. The van der Waals surface area contributed by atoms with Crippen LogP contribution in [0.4, 0.5) is 5.69 Å². The lowest BCUT2D eigenvalue weighted by Gasteiger charge is -2.08. The summed E-state index contributed by atoms with van der Waals surface area (Å²) in [5.74, 6) is -0.436. The molecule has 1 aromatic carbocycles.